The molecule has 0 spiro atoms. The van der Waals surface area contributed by atoms with Gasteiger partial charge in [0.2, 0.25) is 5.91 Å². The Balaban J connectivity index is 1.99. The number of rotatable bonds is 9. The predicted molar refractivity (Wildman–Crippen MR) is 115 cm³/mol. The Kier molecular flexibility index (Phi) is 8.45. The van der Waals surface area contributed by atoms with Crippen LogP contribution in [0.5, 0.6) is 0 Å². The molecule has 2 amide bonds. The monoisotopic (exact) mass is 388 g/mol. The maximum absolute atomic E-state index is 12.8. The standard InChI is InChI=1S/C22H36N4O2/c1-6-24(7-2)20-13-14-26(16-20)17(5)21(27)23-19-12-10-11-18(15-19)22(28)25(8-3)9-4/h10-12,15,17,20H,6-9,13-14,16H2,1-5H3,(H,23,27)/t17-,20+/m1/s1. The average molecular weight is 389 g/mol. The van der Waals surface area contributed by atoms with Gasteiger partial charge in [-0.3, -0.25) is 19.4 Å². The summed E-state index contributed by atoms with van der Waals surface area (Å²) >= 11 is 0. The smallest absolute Gasteiger partial charge is 0.253 e. The number of nitrogens with one attached hydrogen (secondary N) is 1. The molecule has 6 nitrogen and oxygen atoms in total. The molecular weight excluding hydrogens is 352 g/mol. The van der Waals surface area contributed by atoms with Gasteiger partial charge >= 0.3 is 0 Å². The van der Waals surface area contributed by atoms with Crippen molar-refractivity contribution in [1.82, 2.24) is 14.7 Å². The van der Waals surface area contributed by atoms with Crippen molar-refractivity contribution >= 4 is 17.5 Å². The van der Waals surface area contributed by atoms with E-state index < -0.39 is 0 Å². The molecule has 6 heteroatoms. The van der Waals surface area contributed by atoms with E-state index in [0.717, 1.165) is 32.6 Å². The molecule has 0 aliphatic carbocycles. The van der Waals surface area contributed by atoms with Crippen LogP contribution in [0.4, 0.5) is 5.69 Å². The van der Waals surface area contributed by atoms with Crippen molar-refractivity contribution in [3.8, 4) is 0 Å². The van der Waals surface area contributed by atoms with E-state index in [2.05, 4.69) is 29.0 Å². The maximum atomic E-state index is 12.8. The Morgan fingerprint density at radius 3 is 2.43 bits per heavy atom. The number of carbonyl (C=O) groups excluding carboxylic acids is 2. The molecule has 1 heterocycles. The van der Waals surface area contributed by atoms with E-state index in [4.69, 9.17) is 0 Å². The quantitative estimate of drug-likeness (QED) is 0.707. The molecule has 1 fully saturated rings. The SMILES string of the molecule is CCN(CC)C(=O)c1cccc(NC(=O)[C@@H](C)N2CC[C@H](N(CC)CC)C2)c1. The maximum Gasteiger partial charge on any atom is 0.253 e. The summed E-state index contributed by atoms with van der Waals surface area (Å²) in [5.74, 6) is -0.0246. The van der Waals surface area contributed by atoms with Crippen LogP contribution in [-0.4, -0.2) is 77.9 Å². The number of likely N-dealkylation sites (N-methyl/N-ethyl adjacent to an activating group) is 1. The Labute approximate surface area is 169 Å². The van der Waals surface area contributed by atoms with Crippen molar-refractivity contribution in [2.45, 2.75) is 53.1 Å². The summed E-state index contributed by atoms with van der Waals surface area (Å²) < 4.78 is 0. The first-order valence-electron chi connectivity index (χ1n) is 10.6. The van der Waals surface area contributed by atoms with E-state index in [0.29, 0.717) is 30.4 Å². The topological polar surface area (TPSA) is 55.9 Å². The molecule has 1 aliphatic rings. The summed E-state index contributed by atoms with van der Waals surface area (Å²) in [6.45, 7) is 15.6. The molecule has 2 atom stereocenters. The van der Waals surface area contributed by atoms with Gasteiger partial charge in [-0.25, -0.2) is 0 Å². The van der Waals surface area contributed by atoms with Gasteiger partial charge in [-0.05, 0) is 58.5 Å². The number of hydrogen-bond donors (Lipinski definition) is 1. The lowest BCUT2D eigenvalue weighted by atomic mass is 10.1. The molecule has 1 aromatic carbocycles. The van der Waals surface area contributed by atoms with E-state index >= 15 is 0 Å². The molecule has 0 aromatic heterocycles. The minimum atomic E-state index is -0.192. The molecule has 1 N–H and O–H groups in total. The van der Waals surface area contributed by atoms with Gasteiger partial charge in [-0.15, -0.1) is 0 Å². The van der Waals surface area contributed by atoms with Gasteiger partial charge in [-0.1, -0.05) is 19.9 Å². The summed E-state index contributed by atoms with van der Waals surface area (Å²) in [6, 6.07) is 7.57. The Bertz CT molecular complexity index is 656. The number of benzene rings is 1. The van der Waals surface area contributed by atoms with E-state index in [9.17, 15) is 9.59 Å². The first kappa shape index (κ1) is 22.4. The van der Waals surface area contributed by atoms with Crippen molar-refractivity contribution in [1.29, 1.82) is 0 Å². The van der Waals surface area contributed by atoms with Gasteiger partial charge in [-0.2, -0.15) is 0 Å². The fourth-order valence-corrected chi connectivity index (χ4v) is 3.99. The minimum absolute atomic E-state index is 0.00393. The van der Waals surface area contributed by atoms with E-state index in [1.54, 1.807) is 17.0 Å². The molecule has 0 unspecified atom stereocenters. The van der Waals surface area contributed by atoms with Crippen LogP contribution in [0, 0.1) is 0 Å². The molecule has 0 saturated carbocycles. The Morgan fingerprint density at radius 1 is 1.14 bits per heavy atom. The third kappa shape index (κ3) is 5.32. The zero-order valence-corrected chi connectivity index (χ0v) is 18.1. The minimum Gasteiger partial charge on any atom is -0.339 e. The van der Waals surface area contributed by atoms with Gasteiger partial charge in [0.1, 0.15) is 0 Å². The highest BCUT2D eigenvalue weighted by molar-refractivity contribution is 5.98. The predicted octanol–water partition coefficient (Wildman–Crippen LogP) is 2.91. The third-order valence-corrected chi connectivity index (χ3v) is 5.88. The van der Waals surface area contributed by atoms with E-state index in [1.807, 2.05) is 32.9 Å². The normalized spacial score (nSPS) is 18.3. The van der Waals surface area contributed by atoms with Crippen LogP contribution >= 0.6 is 0 Å². The number of hydrogen-bond acceptors (Lipinski definition) is 4. The lowest BCUT2D eigenvalue weighted by Crippen LogP contribution is -2.43. The van der Waals surface area contributed by atoms with Crippen LogP contribution in [0.1, 0.15) is 51.4 Å². The number of likely N-dealkylation sites (tertiary alicyclic amines) is 1. The van der Waals surface area contributed by atoms with Crippen molar-refractivity contribution in [2.75, 3.05) is 44.6 Å². The Morgan fingerprint density at radius 2 is 1.82 bits per heavy atom. The van der Waals surface area contributed by atoms with Crippen LogP contribution in [0.3, 0.4) is 0 Å². The molecular formula is C22H36N4O2. The number of anilines is 1. The second-order valence-corrected chi connectivity index (χ2v) is 7.38. The number of carbonyl (C=O) groups is 2. The van der Waals surface area contributed by atoms with Crippen LogP contribution in [0.15, 0.2) is 24.3 Å². The van der Waals surface area contributed by atoms with Crippen molar-refractivity contribution in [3.05, 3.63) is 29.8 Å². The molecule has 156 valence electrons. The third-order valence-electron chi connectivity index (χ3n) is 5.88. The largest absolute Gasteiger partial charge is 0.339 e. The second-order valence-electron chi connectivity index (χ2n) is 7.38. The molecule has 1 aromatic rings. The van der Waals surface area contributed by atoms with E-state index in [-0.39, 0.29) is 17.9 Å². The van der Waals surface area contributed by atoms with Gasteiger partial charge < -0.3 is 10.2 Å². The van der Waals surface area contributed by atoms with Crippen LogP contribution in [0.2, 0.25) is 0 Å². The summed E-state index contributed by atoms with van der Waals surface area (Å²) in [7, 11) is 0. The zero-order valence-electron chi connectivity index (χ0n) is 18.1. The fraction of sp³-hybridized carbons (Fsp3) is 0.636. The second kappa shape index (κ2) is 10.6. The highest BCUT2D eigenvalue weighted by Gasteiger charge is 2.31. The highest BCUT2D eigenvalue weighted by atomic mass is 16.2. The lowest BCUT2D eigenvalue weighted by Gasteiger charge is -2.28. The molecule has 1 saturated heterocycles. The van der Waals surface area contributed by atoms with Crippen molar-refractivity contribution in [2.24, 2.45) is 0 Å². The zero-order chi connectivity index (χ0) is 20.7. The molecule has 0 radical (unpaired) electrons. The van der Waals surface area contributed by atoms with Crippen LogP contribution in [0.25, 0.3) is 0 Å². The average Bonchev–Trinajstić information content (AvgIpc) is 3.19. The van der Waals surface area contributed by atoms with Crippen LogP contribution < -0.4 is 5.32 Å². The van der Waals surface area contributed by atoms with Crippen LogP contribution in [-0.2, 0) is 4.79 Å². The van der Waals surface area contributed by atoms with Gasteiger partial charge in [0.25, 0.3) is 5.91 Å². The summed E-state index contributed by atoms with van der Waals surface area (Å²) in [6.07, 6.45) is 1.10. The number of amides is 2. The fourth-order valence-electron chi connectivity index (χ4n) is 3.99. The Hall–Kier alpha value is -1.92. The van der Waals surface area contributed by atoms with Crippen molar-refractivity contribution in [3.63, 3.8) is 0 Å². The van der Waals surface area contributed by atoms with Gasteiger partial charge in [0.05, 0.1) is 6.04 Å². The molecule has 1 aliphatic heterocycles. The molecule has 2 rings (SSSR count). The summed E-state index contributed by atoms with van der Waals surface area (Å²) in [4.78, 5) is 31.8. The summed E-state index contributed by atoms with van der Waals surface area (Å²) in [5.41, 5.74) is 1.28. The summed E-state index contributed by atoms with van der Waals surface area (Å²) in [5, 5.41) is 3.00. The molecule has 28 heavy (non-hydrogen) atoms. The first-order chi connectivity index (χ1) is 13.4. The highest BCUT2D eigenvalue weighted by Crippen LogP contribution is 2.19. The lowest BCUT2D eigenvalue weighted by molar-refractivity contribution is -0.120. The van der Waals surface area contributed by atoms with Gasteiger partial charge in [0, 0.05) is 43.5 Å². The van der Waals surface area contributed by atoms with Gasteiger partial charge in [0.15, 0.2) is 0 Å². The van der Waals surface area contributed by atoms with Crippen molar-refractivity contribution < 1.29 is 9.59 Å². The number of nitrogens with zero attached hydrogens (tertiary/aromatic N) is 3. The van der Waals surface area contributed by atoms with E-state index in [1.165, 1.54) is 0 Å². The first-order valence-corrected chi connectivity index (χ1v) is 10.6. The molecule has 0 bridgehead atoms.